The second-order valence-electron chi connectivity index (χ2n) is 7.82. The summed E-state index contributed by atoms with van der Waals surface area (Å²) in [5.74, 6) is -0.660. The molecule has 2 heterocycles. The molecular formula is C23H23BrF3N5O. The van der Waals surface area contributed by atoms with Gasteiger partial charge in [-0.3, -0.25) is 0 Å². The lowest BCUT2D eigenvalue weighted by molar-refractivity contribution is 0.116. The SMILES string of the molecule is C=C(N1CCN(C)CC1)N(Cc1ccc(-c2nnc(C(F)F)o2)cc1F)c1ccc(Br)cc1. The number of likely N-dealkylation sites (N-methyl/N-ethyl adjacent to an activating group) is 1. The van der Waals surface area contributed by atoms with Gasteiger partial charge in [0.1, 0.15) is 11.6 Å². The smallest absolute Gasteiger partial charge is 0.314 e. The van der Waals surface area contributed by atoms with Crippen molar-refractivity contribution in [2.45, 2.75) is 13.0 Å². The Labute approximate surface area is 198 Å². The van der Waals surface area contributed by atoms with Crippen molar-refractivity contribution in [2.75, 3.05) is 38.1 Å². The second kappa shape index (κ2) is 9.96. The van der Waals surface area contributed by atoms with E-state index in [-0.39, 0.29) is 18.0 Å². The van der Waals surface area contributed by atoms with Gasteiger partial charge in [0.05, 0.1) is 6.54 Å². The molecule has 4 rings (SSSR count). The number of nitrogens with zero attached hydrogens (tertiary/aromatic N) is 5. The van der Waals surface area contributed by atoms with E-state index in [0.29, 0.717) is 5.56 Å². The van der Waals surface area contributed by atoms with E-state index < -0.39 is 18.1 Å². The first-order chi connectivity index (χ1) is 15.8. The summed E-state index contributed by atoms with van der Waals surface area (Å²) >= 11 is 3.45. The molecule has 0 radical (unpaired) electrons. The van der Waals surface area contributed by atoms with E-state index in [1.165, 1.54) is 6.07 Å². The van der Waals surface area contributed by atoms with E-state index in [4.69, 9.17) is 4.42 Å². The summed E-state index contributed by atoms with van der Waals surface area (Å²) in [5.41, 5.74) is 1.54. The first kappa shape index (κ1) is 23.3. The van der Waals surface area contributed by atoms with Crippen LogP contribution in [0.2, 0.25) is 0 Å². The molecule has 0 unspecified atom stereocenters. The summed E-state index contributed by atoms with van der Waals surface area (Å²) in [6.45, 7) is 8.04. The van der Waals surface area contributed by atoms with Crippen LogP contribution in [0.4, 0.5) is 18.9 Å². The van der Waals surface area contributed by atoms with E-state index in [1.54, 1.807) is 12.1 Å². The van der Waals surface area contributed by atoms with Crippen LogP contribution in [0.1, 0.15) is 17.9 Å². The van der Waals surface area contributed by atoms with Gasteiger partial charge in [-0.1, -0.05) is 28.6 Å². The normalized spacial score (nSPS) is 14.7. The highest BCUT2D eigenvalue weighted by Gasteiger charge is 2.23. The predicted molar refractivity (Wildman–Crippen MR) is 123 cm³/mol. The molecule has 1 saturated heterocycles. The number of benzene rings is 2. The molecule has 33 heavy (non-hydrogen) atoms. The van der Waals surface area contributed by atoms with Crippen LogP contribution in [0.3, 0.4) is 0 Å². The highest BCUT2D eigenvalue weighted by Crippen LogP contribution is 2.29. The summed E-state index contributed by atoms with van der Waals surface area (Å²) in [7, 11) is 2.08. The number of hydrogen-bond donors (Lipinski definition) is 0. The third-order valence-electron chi connectivity index (χ3n) is 5.57. The van der Waals surface area contributed by atoms with Gasteiger partial charge in [0.15, 0.2) is 0 Å². The minimum absolute atomic E-state index is 0.151. The van der Waals surface area contributed by atoms with E-state index >= 15 is 4.39 Å². The fourth-order valence-electron chi connectivity index (χ4n) is 3.61. The average molecular weight is 522 g/mol. The number of piperazine rings is 1. The van der Waals surface area contributed by atoms with Gasteiger partial charge in [-0.2, -0.15) is 8.78 Å². The third-order valence-corrected chi connectivity index (χ3v) is 6.10. The molecule has 1 aromatic heterocycles. The van der Waals surface area contributed by atoms with Gasteiger partial charge in [-0.05, 0) is 43.4 Å². The van der Waals surface area contributed by atoms with Crippen LogP contribution in [-0.4, -0.2) is 53.2 Å². The summed E-state index contributed by atoms with van der Waals surface area (Å²) in [5, 5.41) is 6.89. The maximum Gasteiger partial charge on any atom is 0.314 e. The van der Waals surface area contributed by atoms with Gasteiger partial charge in [0, 0.05) is 47.5 Å². The lowest BCUT2D eigenvalue weighted by Gasteiger charge is -2.40. The minimum Gasteiger partial charge on any atom is -0.415 e. The molecule has 0 aliphatic carbocycles. The lowest BCUT2D eigenvalue weighted by Crippen LogP contribution is -2.47. The predicted octanol–water partition coefficient (Wildman–Crippen LogP) is 5.30. The number of alkyl halides is 2. The second-order valence-corrected chi connectivity index (χ2v) is 8.74. The summed E-state index contributed by atoms with van der Waals surface area (Å²) in [6, 6.07) is 12.1. The molecule has 0 saturated carbocycles. The van der Waals surface area contributed by atoms with E-state index in [9.17, 15) is 8.78 Å². The maximum atomic E-state index is 15.1. The molecule has 1 fully saturated rings. The van der Waals surface area contributed by atoms with Crippen LogP contribution in [-0.2, 0) is 6.54 Å². The number of aromatic nitrogens is 2. The first-order valence-corrected chi connectivity index (χ1v) is 11.2. The summed E-state index contributed by atoms with van der Waals surface area (Å²) in [4.78, 5) is 6.42. The van der Waals surface area contributed by atoms with Gasteiger partial charge in [0.25, 0.3) is 5.89 Å². The Hall–Kier alpha value is -2.85. The zero-order chi connectivity index (χ0) is 23.5. The third kappa shape index (κ3) is 5.39. The molecule has 1 aliphatic heterocycles. The first-order valence-electron chi connectivity index (χ1n) is 10.4. The molecule has 0 bridgehead atoms. The van der Waals surface area contributed by atoms with Gasteiger partial charge >= 0.3 is 6.43 Å². The van der Waals surface area contributed by atoms with Crippen LogP contribution in [0.25, 0.3) is 11.5 Å². The van der Waals surface area contributed by atoms with E-state index in [2.05, 4.69) is 49.6 Å². The molecule has 3 aromatic rings. The molecule has 6 nitrogen and oxygen atoms in total. The summed E-state index contributed by atoms with van der Waals surface area (Å²) in [6.07, 6.45) is -2.88. The molecular weight excluding hydrogens is 499 g/mol. The molecule has 0 spiro atoms. The average Bonchev–Trinajstić information content (AvgIpc) is 3.30. The highest BCUT2D eigenvalue weighted by atomic mass is 79.9. The molecule has 2 aromatic carbocycles. The van der Waals surface area contributed by atoms with Crippen LogP contribution in [0, 0.1) is 5.82 Å². The van der Waals surface area contributed by atoms with Crippen molar-refractivity contribution in [2.24, 2.45) is 0 Å². The molecule has 1 aliphatic rings. The zero-order valence-electron chi connectivity index (χ0n) is 18.0. The van der Waals surface area contributed by atoms with Gasteiger partial charge in [-0.15, -0.1) is 10.2 Å². The maximum absolute atomic E-state index is 15.1. The van der Waals surface area contributed by atoms with Crippen molar-refractivity contribution >= 4 is 21.6 Å². The van der Waals surface area contributed by atoms with E-state index in [0.717, 1.165) is 42.2 Å². The molecule has 0 atom stereocenters. The highest BCUT2D eigenvalue weighted by molar-refractivity contribution is 9.10. The van der Waals surface area contributed by atoms with Crippen LogP contribution in [0.5, 0.6) is 0 Å². The standard InChI is InChI=1S/C23H23BrF3N5O/c1-15(31-11-9-30(2)10-12-31)32(19-7-5-18(24)6-8-19)14-17-4-3-16(13-20(17)25)22-28-29-23(33-22)21(26)27/h3-8,13,21H,1,9-12,14H2,2H3. The Morgan fingerprint density at radius 2 is 1.82 bits per heavy atom. The minimum atomic E-state index is -2.88. The Morgan fingerprint density at radius 3 is 2.42 bits per heavy atom. The van der Waals surface area contributed by atoms with Gasteiger partial charge < -0.3 is 19.1 Å². The monoisotopic (exact) mass is 521 g/mol. The fourth-order valence-corrected chi connectivity index (χ4v) is 3.87. The van der Waals surface area contributed by atoms with Crippen LogP contribution in [0.15, 0.2) is 63.8 Å². The molecule has 0 amide bonds. The van der Waals surface area contributed by atoms with Crippen molar-refractivity contribution in [3.63, 3.8) is 0 Å². The Morgan fingerprint density at radius 1 is 1.12 bits per heavy atom. The van der Waals surface area contributed by atoms with Gasteiger partial charge in [0.2, 0.25) is 5.89 Å². The lowest BCUT2D eigenvalue weighted by atomic mass is 10.1. The van der Waals surface area contributed by atoms with Crippen LogP contribution >= 0.6 is 15.9 Å². The van der Waals surface area contributed by atoms with Crippen LogP contribution < -0.4 is 4.90 Å². The Balaban J connectivity index is 1.60. The largest absolute Gasteiger partial charge is 0.415 e. The Bertz CT molecular complexity index is 1110. The zero-order valence-corrected chi connectivity index (χ0v) is 19.6. The number of rotatable bonds is 7. The quantitative estimate of drug-likeness (QED) is 0.420. The number of anilines is 1. The van der Waals surface area contributed by atoms with Gasteiger partial charge in [-0.25, -0.2) is 4.39 Å². The van der Waals surface area contributed by atoms with Crippen molar-refractivity contribution in [3.8, 4) is 11.5 Å². The van der Waals surface area contributed by atoms with Crippen molar-refractivity contribution in [3.05, 3.63) is 76.6 Å². The van der Waals surface area contributed by atoms with Crippen molar-refractivity contribution in [1.29, 1.82) is 0 Å². The summed E-state index contributed by atoms with van der Waals surface area (Å²) < 4.78 is 46.4. The molecule has 10 heteroatoms. The molecule has 0 N–H and O–H groups in total. The van der Waals surface area contributed by atoms with E-state index in [1.807, 2.05) is 29.2 Å². The molecule has 174 valence electrons. The topological polar surface area (TPSA) is 48.6 Å². The number of hydrogen-bond acceptors (Lipinski definition) is 6. The van der Waals surface area contributed by atoms with Crippen molar-refractivity contribution in [1.82, 2.24) is 20.0 Å². The number of halogens is 4. The fraction of sp³-hybridized carbons (Fsp3) is 0.304. The Kier molecular flexibility index (Phi) is 7.04. The van der Waals surface area contributed by atoms with Crippen molar-refractivity contribution < 1.29 is 17.6 Å².